The number of carbonyl (C=O) groups excluding carboxylic acids is 1. The van der Waals surface area contributed by atoms with Crippen LogP contribution in [-0.2, 0) is 4.79 Å². The molecule has 0 saturated carbocycles. The molecule has 2 aromatic heterocycles. The summed E-state index contributed by atoms with van der Waals surface area (Å²) in [5.41, 5.74) is 0.782. The first-order valence-electron chi connectivity index (χ1n) is 8.09. The fourth-order valence-electron chi connectivity index (χ4n) is 3.37. The van der Waals surface area contributed by atoms with Crippen LogP contribution in [0.5, 0.6) is 0 Å². The standard InChI is InChI=1S/C16H20N6O/c1-12-18-19-15-14(17-6-7-22(12)15)20-8-10-21(11-9-20)16(23)13-4-2-3-5-13/h2-3,6-7,13H,4-5,8-11H2,1H3. The molecule has 2 aromatic rings. The van der Waals surface area contributed by atoms with Crippen molar-refractivity contribution in [1.29, 1.82) is 0 Å². The van der Waals surface area contributed by atoms with Crippen molar-refractivity contribution in [3.8, 4) is 0 Å². The van der Waals surface area contributed by atoms with Crippen LogP contribution in [0.1, 0.15) is 18.7 Å². The summed E-state index contributed by atoms with van der Waals surface area (Å²) >= 11 is 0. The highest BCUT2D eigenvalue weighted by Gasteiger charge is 2.28. The Labute approximate surface area is 134 Å². The molecule has 1 aliphatic carbocycles. The lowest BCUT2D eigenvalue weighted by molar-refractivity contribution is -0.135. The first-order chi connectivity index (χ1) is 11.2. The van der Waals surface area contributed by atoms with E-state index in [4.69, 9.17) is 0 Å². The maximum Gasteiger partial charge on any atom is 0.226 e. The van der Waals surface area contributed by atoms with Gasteiger partial charge in [-0.15, -0.1) is 10.2 Å². The van der Waals surface area contributed by atoms with Crippen LogP contribution >= 0.6 is 0 Å². The van der Waals surface area contributed by atoms with Crippen LogP contribution in [0.15, 0.2) is 24.5 Å². The number of nitrogens with zero attached hydrogens (tertiary/aromatic N) is 6. The van der Waals surface area contributed by atoms with Crippen LogP contribution in [0, 0.1) is 12.8 Å². The Morgan fingerprint density at radius 3 is 2.61 bits per heavy atom. The molecule has 1 aliphatic heterocycles. The minimum absolute atomic E-state index is 0.155. The van der Waals surface area contributed by atoms with Gasteiger partial charge in [0, 0.05) is 44.5 Å². The number of fused-ring (bicyclic) bond motifs is 1. The van der Waals surface area contributed by atoms with E-state index in [0.717, 1.165) is 56.3 Å². The predicted octanol–water partition coefficient (Wildman–Crippen LogP) is 1.05. The van der Waals surface area contributed by atoms with Crippen molar-refractivity contribution in [2.24, 2.45) is 5.92 Å². The maximum absolute atomic E-state index is 12.5. The molecule has 0 N–H and O–H groups in total. The highest BCUT2D eigenvalue weighted by Crippen LogP contribution is 2.23. The number of carbonyl (C=O) groups is 1. The molecular formula is C16H20N6O. The molecule has 0 bridgehead atoms. The van der Waals surface area contributed by atoms with Gasteiger partial charge in [0.05, 0.1) is 0 Å². The van der Waals surface area contributed by atoms with E-state index in [1.165, 1.54) is 0 Å². The topological polar surface area (TPSA) is 66.6 Å². The van der Waals surface area contributed by atoms with Gasteiger partial charge in [-0.05, 0) is 19.8 Å². The molecule has 120 valence electrons. The van der Waals surface area contributed by atoms with Gasteiger partial charge in [0.1, 0.15) is 5.82 Å². The fourth-order valence-corrected chi connectivity index (χ4v) is 3.37. The van der Waals surface area contributed by atoms with Gasteiger partial charge in [0.2, 0.25) is 11.6 Å². The Hall–Kier alpha value is -2.44. The summed E-state index contributed by atoms with van der Waals surface area (Å²) in [6.07, 6.45) is 9.65. The molecule has 0 atom stereocenters. The van der Waals surface area contributed by atoms with Crippen LogP contribution in [0.2, 0.25) is 0 Å². The van der Waals surface area contributed by atoms with Crippen molar-refractivity contribution in [3.63, 3.8) is 0 Å². The first-order valence-corrected chi connectivity index (χ1v) is 8.09. The third-order valence-corrected chi connectivity index (χ3v) is 4.73. The summed E-state index contributed by atoms with van der Waals surface area (Å²) in [5.74, 6) is 2.15. The van der Waals surface area contributed by atoms with Gasteiger partial charge in [-0.3, -0.25) is 9.20 Å². The minimum Gasteiger partial charge on any atom is -0.350 e. The summed E-state index contributed by atoms with van der Waals surface area (Å²) in [7, 11) is 0. The highest BCUT2D eigenvalue weighted by atomic mass is 16.2. The van der Waals surface area contributed by atoms with Crippen LogP contribution < -0.4 is 4.90 Å². The molecular weight excluding hydrogens is 292 g/mol. The average molecular weight is 312 g/mol. The molecule has 4 rings (SSSR count). The lowest BCUT2D eigenvalue weighted by Crippen LogP contribution is -2.50. The summed E-state index contributed by atoms with van der Waals surface area (Å²) in [4.78, 5) is 21.1. The molecule has 1 saturated heterocycles. The van der Waals surface area contributed by atoms with E-state index in [0.29, 0.717) is 5.91 Å². The number of aryl methyl sites for hydroxylation is 1. The van der Waals surface area contributed by atoms with Gasteiger partial charge in [-0.2, -0.15) is 0 Å². The lowest BCUT2D eigenvalue weighted by atomic mass is 10.1. The molecule has 1 fully saturated rings. The lowest BCUT2D eigenvalue weighted by Gasteiger charge is -2.36. The van der Waals surface area contributed by atoms with Crippen LogP contribution in [-0.4, -0.2) is 56.6 Å². The smallest absolute Gasteiger partial charge is 0.226 e. The molecule has 1 amide bonds. The van der Waals surface area contributed by atoms with E-state index in [-0.39, 0.29) is 5.92 Å². The zero-order chi connectivity index (χ0) is 15.8. The van der Waals surface area contributed by atoms with Gasteiger partial charge in [-0.25, -0.2) is 4.98 Å². The van der Waals surface area contributed by atoms with Crippen molar-refractivity contribution in [3.05, 3.63) is 30.4 Å². The quantitative estimate of drug-likeness (QED) is 0.775. The Morgan fingerprint density at radius 2 is 1.87 bits per heavy atom. The van der Waals surface area contributed by atoms with E-state index in [1.54, 1.807) is 6.20 Å². The van der Waals surface area contributed by atoms with Gasteiger partial charge in [0.15, 0.2) is 5.82 Å². The van der Waals surface area contributed by atoms with Crippen molar-refractivity contribution < 1.29 is 4.79 Å². The van der Waals surface area contributed by atoms with Crippen molar-refractivity contribution in [2.45, 2.75) is 19.8 Å². The molecule has 7 nitrogen and oxygen atoms in total. The number of allylic oxidation sites excluding steroid dienone is 2. The molecule has 0 aromatic carbocycles. The molecule has 0 spiro atoms. The van der Waals surface area contributed by atoms with Gasteiger partial charge < -0.3 is 9.80 Å². The number of rotatable bonds is 2. The zero-order valence-corrected chi connectivity index (χ0v) is 13.2. The largest absolute Gasteiger partial charge is 0.350 e. The molecule has 3 heterocycles. The normalized spacial score (nSPS) is 19.0. The highest BCUT2D eigenvalue weighted by molar-refractivity contribution is 5.80. The first kappa shape index (κ1) is 14.2. The number of hydrogen-bond acceptors (Lipinski definition) is 5. The summed E-state index contributed by atoms with van der Waals surface area (Å²) in [5, 5.41) is 8.35. The third kappa shape index (κ3) is 2.46. The maximum atomic E-state index is 12.5. The van der Waals surface area contributed by atoms with Crippen LogP contribution in [0.4, 0.5) is 5.82 Å². The van der Waals surface area contributed by atoms with Gasteiger partial charge in [0.25, 0.3) is 0 Å². The fraction of sp³-hybridized carbons (Fsp3) is 0.500. The summed E-state index contributed by atoms with van der Waals surface area (Å²) in [6, 6.07) is 0. The van der Waals surface area contributed by atoms with E-state index in [9.17, 15) is 4.79 Å². The van der Waals surface area contributed by atoms with Gasteiger partial charge in [-0.1, -0.05) is 12.2 Å². The molecule has 0 radical (unpaired) electrons. The predicted molar refractivity (Wildman–Crippen MR) is 86.2 cm³/mol. The summed E-state index contributed by atoms with van der Waals surface area (Å²) < 4.78 is 1.95. The van der Waals surface area contributed by atoms with Crippen molar-refractivity contribution >= 4 is 17.4 Å². The third-order valence-electron chi connectivity index (χ3n) is 4.73. The monoisotopic (exact) mass is 312 g/mol. The Kier molecular flexibility index (Phi) is 3.48. The number of aromatic nitrogens is 4. The molecule has 23 heavy (non-hydrogen) atoms. The van der Waals surface area contributed by atoms with Gasteiger partial charge >= 0.3 is 0 Å². The molecule has 0 unspecified atom stereocenters. The number of piperazine rings is 1. The number of anilines is 1. The number of amides is 1. The second-order valence-corrected chi connectivity index (χ2v) is 6.14. The van der Waals surface area contributed by atoms with Crippen molar-refractivity contribution in [1.82, 2.24) is 24.5 Å². The Morgan fingerprint density at radius 1 is 1.13 bits per heavy atom. The van der Waals surface area contributed by atoms with Crippen LogP contribution in [0.3, 0.4) is 0 Å². The second kappa shape index (κ2) is 5.64. The SMILES string of the molecule is Cc1nnc2c(N3CCN(C(=O)C4CC=CC4)CC3)nccn12. The summed E-state index contributed by atoms with van der Waals surface area (Å²) in [6.45, 7) is 4.97. The Bertz CT molecular complexity index is 751. The minimum atomic E-state index is 0.155. The van der Waals surface area contributed by atoms with E-state index in [2.05, 4.69) is 32.2 Å². The Balaban J connectivity index is 1.47. The molecule has 2 aliphatic rings. The molecule has 7 heteroatoms. The number of hydrogen-bond donors (Lipinski definition) is 0. The second-order valence-electron chi connectivity index (χ2n) is 6.14. The van der Waals surface area contributed by atoms with E-state index in [1.807, 2.05) is 22.4 Å². The zero-order valence-electron chi connectivity index (χ0n) is 13.2. The van der Waals surface area contributed by atoms with Crippen molar-refractivity contribution in [2.75, 3.05) is 31.1 Å². The van der Waals surface area contributed by atoms with E-state index >= 15 is 0 Å². The van der Waals surface area contributed by atoms with E-state index < -0.39 is 0 Å². The average Bonchev–Trinajstić information content (AvgIpc) is 3.25. The van der Waals surface area contributed by atoms with Crippen LogP contribution in [0.25, 0.3) is 5.65 Å².